The lowest BCUT2D eigenvalue weighted by Crippen LogP contribution is -2.42. The van der Waals surface area contributed by atoms with Crippen molar-refractivity contribution in [2.75, 3.05) is 6.54 Å². The maximum Gasteiger partial charge on any atom is 0.0491 e. The van der Waals surface area contributed by atoms with Crippen LogP contribution < -0.4 is 5.73 Å². The van der Waals surface area contributed by atoms with E-state index >= 15 is 0 Å². The van der Waals surface area contributed by atoms with Crippen LogP contribution in [0.25, 0.3) is 21.8 Å². The number of benzene rings is 2. The summed E-state index contributed by atoms with van der Waals surface area (Å²) in [6.45, 7) is 10.1. The molecule has 0 aliphatic heterocycles. The van der Waals surface area contributed by atoms with E-state index < -0.39 is 0 Å². The van der Waals surface area contributed by atoms with Crippen molar-refractivity contribution >= 4 is 21.8 Å². The zero-order valence-electron chi connectivity index (χ0n) is 17.7. The largest absolute Gasteiger partial charge is 0.341 e. The zero-order valence-corrected chi connectivity index (χ0v) is 17.7. The highest BCUT2D eigenvalue weighted by molar-refractivity contribution is 6.08. The monoisotopic (exact) mass is 377 g/mol. The summed E-state index contributed by atoms with van der Waals surface area (Å²) in [7, 11) is 0. The molecule has 1 heterocycles. The average molecular weight is 378 g/mol. The van der Waals surface area contributed by atoms with E-state index in [-0.39, 0.29) is 0 Å². The van der Waals surface area contributed by atoms with Gasteiger partial charge < -0.3 is 10.3 Å². The quantitative estimate of drug-likeness (QED) is 0.612. The summed E-state index contributed by atoms with van der Waals surface area (Å²) >= 11 is 0. The first kappa shape index (κ1) is 19.5. The maximum atomic E-state index is 6.16. The molecule has 1 fully saturated rings. The molecule has 0 amide bonds. The highest BCUT2D eigenvalue weighted by atomic mass is 15.2. The second kappa shape index (κ2) is 8.26. The lowest BCUT2D eigenvalue weighted by atomic mass is 9.90. The summed E-state index contributed by atoms with van der Waals surface area (Å²) in [6.07, 6.45) is 4.82. The molecule has 1 aliphatic carbocycles. The van der Waals surface area contributed by atoms with Crippen molar-refractivity contribution in [3.8, 4) is 0 Å². The minimum absolute atomic E-state index is 0.411. The third-order valence-corrected chi connectivity index (χ3v) is 6.40. The predicted octanol–water partition coefficient (Wildman–Crippen LogP) is 5.54. The smallest absolute Gasteiger partial charge is 0.0491 e. The number of aromatic nitrogens is 1. The van der Waals surface area contributed by atoms with Gasteiger partial charge in [0.2, 0.25) is 0 Å². The molecule has 150 valence electrons. The number of nitrogens with zero attached hydrogens (tertiary/aromatic N) is 2. The highest BCUT2D eigenvalue weighted by Crippen LogP contribution is 2.31. The van der Waals surface area contributed by atoms with Crippen LogP contribution in [0.2, 0.25) is 0 Å². The molecular formula is C25H35N3. The van der Waals surface area contributed by atoms with Gasteiger partial charge in [-0.1, -0.05) is 38.1 Å². The molecule has 1 aliphatic rings. The molecule has 0 bridgehead atoms. The molecule has 0 saturated heterocycles. The van der Waals surface area contributed by atoms with Crippen LogP contribution in [0.5, 0.6) is 0 Å². The summed E-state index contributed by atoms with van der Waals surface area (Å²) < 4.78 is 2.43. The van der Waals surface area contributed by atoms with Crippen LogP contribution in [0, 0.1) is 5.92 Å². The van der Waals surface area contributed by atoms with Gasteiger partial charge in [-0.05, 0) is 62.3 Å². The molecule has 1 aromatic heterocycles. The Kier molecular flexibility index (Phi) is 5.75. The van der Waals surface area contributed by atoms with Crippen LogP contribution in [-0.2, 0) is 13.1 Å². The Bertz CT molecular complexity index is 932. The minimum Gasteiger partial charge on any atom is -0.341 e. The molecule has 4 rings (SSSR count). The van der Waals surface area contributed by atoms with E-state index in [9.17, 15) is 0 Å². The van der Waals surface area contributed by atoms with Crippen LogP contribution in [0.3, 0.4) is 0 Å². The molecule has 2 N–H and O–H groups in total. The van der Waals surface area contributed by atoms with Crippen molar-refractivity contribution in [2.24, 2.45) is 11.7 Å². The number of hydrogen-bond acceptors (Lipinski definition) is 2. The molecule has 0 unspecified atom stereocenters. The Morgan fingerprint density at radius 3 is 2.43 bits per heavy atom. The van der Waals surface area contributed by atoms with E-state index in [1.165, 1.54) is 53.1 Å². The Labute approximate surface area is 169 Å². The molecule has 2 aromatic carbocycles. The van der Waals surface area contributed by atoms with Crippen molar-refractivity contribution < 1.29 is 0 Å². The number of nitrogens with two attached hydrogens (primary N) is 1. The summed E-state index contributed by atoms with van der Waals surface area (Å²) in [6, 6.07) is 17.0. The Morgan fingerprint density at radius 1 is 1.00 bits per heavy atom. The van der Waals surface area contributed by atoms with Crippen molar-refractivity contribution in [1.29, 1.82) is 0 Å². The summed E-state index contributed by atoms with van der Waals surface area (Å²) in [4.78, 5) is 2.72. The molecule has 0 radical (unpaired) electrons. The first-order chi connectivity index (χ1) is 13.6. The number of para-hydroxylation sites is 1. The van der Waals surface area contributed by atoms with E-state index in [1.807, 2.05) is 0 Å². The van der Waals surface area contributed by atoms with Crippen molar-refractivity contribution in [1.82, 2.24) is 9.47 Å². The van der Waals surface area contributed by atoms with Gasteiger partial charge in [0.25, 0.3) is 0 Å². The molecule has 28 heavy (non-hydrogen) atoms. The summed E-state index contributed by atoms with van der Waals surface area (Å²) in [5.74, 6) is 0.682. The van der Waals surface area contributed by atoms with Gasteiger partial charge in [-0.3, -0.25) is 4.90 Å². The van der Waals surface area contributed by atoms with Gasteiger partial charge in [-0.2, -0.15) is 0 Å². The third kappa shape index (κ3) is 3.83. The summed E-state index contributed by atoms with van der Waals surface area (Å²) in [5, 5.41) is 2.77. The highest BCUT2D eigenvalue weighted by Gasteiger charge is 2.25. The van der Waals surface area contributed by atoms with E-state index in [1.54, 1.807) is 0 Å². The first-order valence-corrected chi connectivity index (χ1v) is 11.1. The third-order valence-electron chi connectivity index (χ3n) is 6.40. The molecule has 3 nitrogen and oxygen atoms in total. The van der Waals surface area contributed by atoms with Crippen molar-refractivity contribution in [2.45, 2.75) is 71.6 Å². The van der Waals surface area contributed by atoms with Crippen LogP contribution in [0.4, 0.5) is 0 Å². The minimum atomic E-state index is 0.411. The topological polar surface area (TPSA) is 34.2 Å². The molecular weight excluding hydrogens is 342 g/mol. The number of fused-ring (bicyclic) bond motifs is 3. The zero-order chi connectivity index (χ0) is 19.7. The fraction of sp³-hybridized carbons (Fsp3) is 0.520. The van der Waals surface area contributed by atoms with Crippen LogP contribution >= 0.6 is 0 Å². The van der Waals surface area contributed by atoms with E-state index in [2.05, 4.69) is 72.7 Å². The maximum absolute atomic E-state index is 6.16. The van der Waals surface area contributed by atoms with Crippen molar-refractivity contribution in [3.63, 3.8) is 0 Å². The normalized spacial score (nSPS) is 20.6. The van der Waals surface area contributed by atoms with Crippen LogP contribution in [-0.4, -0.2) is 28.1 Å². The lowest BCUT2D eigenvalue weighted by Gasteiger charge is -2.37. The fourth-order valence-corrected chi connectivity index (χ4v) is 5.05. The second-order valence-corrected chi connectivity index (χ2v) is 9.00. The van der Waals surface area contributed by atoms with Crippen LogP contribution in [0.15, 0.2) is 42.5 Å². The lowest BCUT2D eigenvalue weighted by molar-refractivity contribution is 0.127. The standard InChI is InChI=1S/C25H35N3/c1-4-28-24-8-6-5-7-22(24)23-15-19(9-14-25(23)28)17-27(16-18(2)3)21-12-10-20(26)11-13-21/h5-9,14-15,18,20-21H,4,10-13,16-17,26H2,1-3H3. The first-order valence-electron chi connectivity index (χ1n) is 11.1. The molecule has 1 saturated carbocycles. The van der Waals surface area contributed by atoms with Crippen LogP contribution in [0.1, 0.15) is 52.0 Å². The van der Waals surface area contributed by atoms with Gasteiger partial charge in [0.05, 0.1) is 0 Å². The average Bonchev–Trinajstić information content (AvgIpc) is 3.01. The Balaban J connectivity index is 1.66. The molecule has 0 atom stereocenters. The van der Waals surface area contributed by atoms with Gasteiger partial charge >= 0.3 is 0 Å². The molecule has 3 aromatic rings. The predicted molar refractivity (Wildman–Crippen MR) is 121 cm³/mol. The van der Waals surface area contributed by atoms with Gasteiger partial charge in [0.1, 0.15) is 0 Å². The van der Waals surface area contributed by atoms with Gasteiger partial charge in [0, 0.05) is 53.5 Å². The van der Waals surface area contributed by atoms with E-state index in [4.69, 9.17) is 5.73 Å². The van der Waals surface area contributed by atoms with E-state index in [0.717, 1.165) is 19.6 Å². The van der Waals surface area contributed by atoms with Crippen molar-refractivity contribution in [3.05, 3.63) is 48.0 Å². The Morgan fingerprint density at radius 2 is 1.71 bits per heavy atom. The van der Waals surface area contributed by atoms with Gasteiger partial charge in [-0.15, -0.1) is 0 Å². The molecule has 0 spiro atoms. The fourth-order valence-electron chi connectivity index (χ4n) is 5.05. The van der Waals surface area contributed by atoms with Gasteiger partial charge in [0.15, 0.2) is 0 Å². The van der Waals surface area contributed by atoms with E-state index in [0.29, 0.717) is 18.0 Å². The SMILES string of the molecule is CCn1c2ccccc2c2cc(CN(CC(C)C)C3CCC(N)CC3)ccc21. The Hall–Kier alpha value is -1.84. The molecule has 3 heteroatoms. The number of rotatable bonds is 6. The van der Waals surface area contributed by atoms with Gasteiger partial charge in [-0.25, -0.2) is 0 Å². The number of aryl methyl sites for hydroxylation is 1. The number of hydrogen-bond donors (Lipinski definition) is 1. The summed E-state index contributed by atoms with van der Waals surface area (Å²) in [5.41, 5.74) is 10.3. The second-order valence-electron chi connectivity index (χ2n) is 9.00.